The van der Waals surface area contributed by atoms with Crippen molar-refractivity contribution in [2.75, 3.05) is 35.5 Å². The van der Waals surface area contributed by atoms with Crippen molar-refractivity contribution < 1.29 is 18.0 Å². The summed E-state index contributed by atoms with van der Waals surface area (Å²) in [4.78, 5) is 27.8. The molecule has 33 heavy (non-hydrogen) atoms. The van der Waals surface area contributed by atoms with E-state index in [-0.39, 0.29) is 12.5 Å². The zero-order chi connectivity index (χ0) is 24.0. The van der Waals surface area contributed by atoms with Crippen LogP contribution in [0.5, 0.6) is 0 Å². The Morgan fingerprint density at radius 1 is 0.970 bits per heavy atom. The van der Waals surface area contributed by atoms with Gasteiger partial charge in [-0.1, -0.05) is 51.0 Å². The first-order valence-corrected chi connectivity index (χ1v) is 13.3. The number of benzene rings is 2. The molecule has 1 aliphatic rings. The van der Waals surface area contributed by atoms with E-state index in [1.165, 1.54) is 0 Å². The maximum absolute atomic E-state index is 13.1. The SMILES string of the molecule is CC(C)c1ccc(N(CC(=O)Nc2ccccc2C(=O)N2CCCCCC2)S(C)(=O)=O)cc1. The summed E-state index contributed by atoms with van der Waals surface area (Å²) in [6.45, 7) is 5.14. The van der Waals surface area contributed by atoms with Crippen LogP contribution < -0.4 is 9.62 Å². The Hall–Kier alpha value is -2.87. The molecule has 1 heterocycles. The summed E-state index contributed by atoms with van der Waals surface area (Å²) in [5, 5.41) is 2.76. The van der Waals surface area contributed by atoms with E-state index in [4.69, 9.17) is 0 Å². The van der Waals surface area contributed by atoms with Crippen molar-refractivity contribution in [1.82, 2.24) is 4.90 Å². The van der Waals surface area contributed by atoms with Gasteiger partial charge in [0.05, 0.1) is 23.2 Å². The Bertz CT molecular complexity index is 1070. The molecule has 0 radical (unpaired) electrons. The molecule has 7 nitrogen and oxygen atoms in total. The van der Waals surface area contributed by atoms with E-state index in [2.05, 4.69) is 19.2 Å². The number of nitrogens with one attached hydrogen (secondary N) is 1. The zero-order valence-electron chi connectivity index (χ0n) is 19.6. The van der Waals surface area contributed by atoms with Gasteiger partial charge < -0.3 is 10.2 Å². The molecule has 1 saturated heterocycles. The van der Waals surface area contributed by atoms with Crippen molar-refractivity contribution in [2.45, 2.75) is 45.4 Å². The highest BCUT2D eigenvalue weighted by Crippen LogP contribution is 2.23. The van der Waals surface area contributed by atoms with Crippen molar-refractivity contribution >= 4 is 33.2 Å². The molecule has 0 aromatic heterocycles. The molecule has 8 heteroatoms. The first-order valence-electron chi connectivity index (χ1n) is 11.4. The quantitative estimate of drug-likeness (QED) is 0.655. The van der Waals surface area contributed by atoms with Crippen LogP contribution in [0.15, 0.2) is 48.5 Å². The van der Waals surface area contributed by atoms with E-state index in [9.17, 15) is 18.0 Å². The van der Waals surface area contributed by atoms with E-state index in [0.717, 1.165) is 41.8 Å². The van der Waals surface area contributed by atoms with E-state index in [1.54, 1.807) is 36.4 Å². The van der Waals surface area contributed by atoms with E-state index < -0.39 is 15.9 Å². The number of hydrogen-bond acceptors (Lipinski definition) is 4. The van der Waals surface area contributed by atoms with Crippen molar-refractivity contribution in [2.24, 2.45) is 0 Å². The highest BCUT2D eigenvalue weighted by molar-refractivity contribution is 7.92. The number of sulfonamides is 1. The lowest BCUT2D eigenvalue weighted by molar-refractivity contribution is -0.114. The summed E-state index contributed by atoms with van der Waals surface area (Å²) in [6.07, 6.45) is 5.25. The van der Waals surface area contributed by atoms with Crippen molar-refractivity contribution in [1.29, 1.82) is 0 Å². The Kier molecular flexibility index (Phi) is 8.13. The van der Waals surface area contributed by atoms with Gasteiger partial charge in [-0.25, -0.2) is 8.42 Å². The lowest BCUT2D eigenvalue weighted by atomic mass is 10.0. The number of para-hydroxylation sites is 1. The van der Waals surface area contributed by atoms with Crippen molar-refractivity contribution in [3.05, 3.63) is 59.7 Å². The molecule has 2 aromatic carbocycles. The molecule has 1 N–H and O–H groups in total. The maximum atomic E-state index is 13.1. The fraction of sp³-hybridized carbons (Fsp3) is 0.440. The van der Waals surface area contributed by atoms with Gasteiger partial charge in [-0.15, -0.1) is 0 Å². The molecule has 0 aliphatic carbocycles. The van der Waals surface area contributed by atoms with Crippen LogP contribution in [0, 0.1) is 0 Å². The van der Waals surface area contributed by atoms with E-state index in [0.29, 0.717) is 35.9 Å². The Morgan fingerprint density at radius 2 is 1.58 bits per heavy atom. The lowest BCUT2D eigenvalue weighted by Crippen LogP contribution is -2.38. The monoisotopic (exact) mass is 471 g/mol. The standard InChI is InChI=1S/C25H33N3O4S/c1-19(2)20-12-14-21(15-13-20)28(33(3,31)32)18-24(29)26-23-11-7-6-10-22(23)25(30)27-16-8-4-5-9-17-27/h6-7,10-15,19H,4-5,8-9,16-18H2,1-3H3,(H,26,29). The van der Waals surface area contributed by atoms with Crippen molar-refractivity contribution in [3.63, 3.8) is 0 Å². The molecule has 0 atom stereocenters. The molecule has 2 aromatic rings. The van der Waals surface area contributed by atoms with Crippen LogP contribution in [0.4, 0.5) is 11.4 Å². The fourth-order valence-corrected chi connectivity index (χ4v) is 4.82. The summed E-state index contributed by atoms with van der Waals surface area (Å²) in [5.41, 5.74) is 2.31. The number of carbonyl (C=O) groups is 2. The second-order valence-corrected chi connectivity index (χ2v) is 10.7. The maximum Gasteiger partial charge on any atom is 0.255 e. The average molecular weight is 472 g/mol. The van der Waals surface area contributed by atoms with Crippen LogP contribution in [0.25, 0.3) is 0 Å². The summed E-state index contributed by atoms with van der Waals surface area (Å²) < 4.78 is 26.0. The van der Waals surface area contributed by atoms with E-state index in [1.807, 2.05) is 17.0 Å². The molecule has 0 unspecified atom stereocenters. The predicted molar refractivity (Wildman–Crippen MR) is 132 cm³/mol. The van der Waals surface area contributed by atoms with Gasteiger partial charge in [0.25, 0.3) is 5.91 Å². The lowest BCUT2D eigenvalue weighted by Gasteiger charge is -2.24. The van der Waals surface area contributed by atoms with Crippen LogP contribution in [0.3, 0.4) is 0 Å². The number of amides is 2. The summed E-state index contributed by atoms with van der Waals surface area (Å²) in [5.74, 6) is -0.311. The van der Waals surface area contributed by atoms with Gasteiger partial charge in [-0.05, 0) is 48.6 Å². The third-order valence-electron chi connectivity index (χ3n) is 5.86. The zero-order valence-corrected chi connectivity index (χ0v) is 20.4. The van der Waals surface area contributed by atoms with Gasteiger partial charge in [0.1, 0.15) is 6.54 Å². The van der Waals surface area contributed by atoms with Crippen LogP contribution in [0.2, 0.25) is 0 Å². The summed E-state index contributed by atoms with van der Waals surface area (Å²) in [6, 6.07) is 14.0. The number of likely N-dealkylation sites (tertiary alicyclic amines) is 1. The number of hydrogen-bond donors (Lipinski definition) is 1. The third-order valence-corrected chi connectivity index (χ3v) is 7.00. The Morgan fingerprint density at radius 3 is 2.15 bits per heavy atom. The number of rotatable bonds is 7. The predicted octanol–water partition coefficient (Wildman–Crippen LogP) is 4.23. The van der Waals surface area contributed by atoms with Crippen LogP contribution in [-0.2, 0) is 14.8 Å². The Labute approximate surface area is 196 Å². The normalized spacial score (nSPS) is 14.6. The van der Waals surface area contributed by atoms with Crippen LogP contribution in [-0.4, -0.2) is 51.0 Å². The summed E-state index contributed by atoms with van der Waals surface area (Å²) in [7, 11) is -3.69. The fourth-order valence-electron chi connectivity index (χ4n) is 3.97. The molecule has 178 valence electrons. The highest BCUT2D eigenvalue weighted by Gasteiger charge is 2.24. The summed E-state index contributed by atoms with van der Waals surface area (Å²) >= 11 is 0. The number of anilines is 2. The van der Waals surface area contributed by atoms with Crippen LogP contribution in [0.1, 0.15) is 61.4 Å². The first-order chi connectivity index (χ1) is 15.7. The van der Waals surface area contributed by atoms with Gasteiger partial charge in [-0.2, -0.15) is 0 Å². The second kappa shape index (κ2) is 10.8. The molecule has 2 amide bonds. The van der Waals surface area contributed by atoms with Gasteiger partial charge >= 0.3 is 0 Å². The molecule has 0 bridgehead atoms. The second-order valence-electron chi connectivity index (χ2n) is 8.82. The molecule has 3 rings (SSSR count). The first kappa shape index (κ1) is 24.8. The minimum absolute atomic E-state index is 0.114. The topological polar surface area (TPSA) is 86.8 Å². The molecule has 1 fully saturated rings. The minimum atomic E-state index is -3.69. The molecule has 1 aliphatic heterocycles. The molecular weight excluding hydrogens is 438 g/mol. The number of nitrogens with zero attached hydrogens (tertiary/aromatic N) is 2. The Balaban J connectivity index is 1.78. The molecule has 0 saturated carbocycles. The van der Waals surface area contributed by atoms with E-state index >= 15 is 0 Å². The largest absolute Gasteiger partial charge is 0.339 e. The third kappa shape index (κ3) is 6.57. The van der Waals surface area contributed by atoms with Crippen LogP contribution >= 0.6 is 0 Å². The van der Waals surface area contributed by atoms with Gasteiger partial charge in [0, 0.05) is 13.1 Å². The average Bonchev–Trinajstić information content (AvgIpc) is 3.06. The number of carbonyl (C=O) groups excluding carboxylic acids is 2. The highest BCUT2D eigenvalue weighted by atomic mass is 32.2. The van der Waals surface area contributed by atoms with Gasteiger partial charge in [-0.3, -0.25) is 13.9 Å². The van der Waals surface area contributed by atoms with Gasteiger partial charge in [0.2, 0.25) is 15.9 Å². The van der Waals surface area contributed by atoms with Crippen molar-refractivity contribution in [3.8, 4) is 0 Å². The smallest absolute Gasteiger partial charge is 0.255 e. The molecule has 0 spiro atoms. The molecular formula is C25H33N3O4S. The van der Waals surface area contributed by atoms with Gasteiger partial charge in [0.15, 0.2) is 0 Å². The minimum Gasteiger partial charge on any atom is -0.339 e.